The van der Waals surface area contributed by atoms with Crippen molar-refractivity contribution in [1.82, 2.24) is 4.90 Å². The second-order valence-electron chi connectivity index (χ2n) is 9.51. The first-order valence-corrected chi connectivity index (χ1v) is 11.4. The van der Waals surface area contributed by atoms with Crippen LogP contribution in [0.25, 0.3) is 0 Å². The molecule has 10 nitrogen and oxygen atoms in total. The van der Waals surface area contributed by atoms with Crippen molar-refractivity contribution in [2.24, 2.45) is 0 Å². The highest BCUT2D eigenvalue weighted by Crippen LogP contribution is 2.67. The van der Waals surface area contributed by atoms with Gasteiger partial charge in [-0.1, -0.05) is 17.7 Å². The van der Waals surface area contributed by atoms with Crippen molar-refractivity contribution in [3.05, 3.63) is 29.3 Å². The number of amides is 2. The Morgan fingerprint density at radius 3 is 2.74 bits per heavy atom. The molecule has 7 rings (SSSR count). The van der Waals surface area contributed by atoms with Crippen LogP contribution in [0, 0.1) is 0 Å². The average Bonchev–Trinajstić information content (AvgIpc) is 3.50. The predicted molar refractivity (Wildman–Crippen MR) is 117 cm³/mol. The van der Waals surface area contributed by atoms with E-state index in [2.05, 4.69) is 0 Å². The van der Waals surface area contributed by atoms with Crippen LogP contribution in [0.4, 0.5) is 10.5 Å². The number of fused-ring (bicyclic) bond motifs is 7. The number of ether oxygens (including phenoxy) is 4. The molecule has 2 amide bonds. The molecule has 180 valence electrons. The maximum Gasteiger partial charge on any atom is 0.414 e. The lowest BCUT2D eigenvalue weighted by Gasteiger charge is -2.55. The zero-order valence-electron chi connectivity index (χ0n) is 19.1. The molecular formula is C24H26N2O8. The molecular weight excluding hydrogens is 444 g/mol. The minimum absolute atomic E-state index is 0.0459. The number of benzene rings is 1. The van der Waals surface area contributed by atoms with Gasteiger partial charge in [0.15, 0.2) is 17.1 Å². The molecule has 5 aliphatic heterocycles. The molecule has 1 aliphatic carbocycles. The van der Waals surface area contributed by atoms with Crippen LogP contribution < -0.4 is 14.4 Å². The highest BCUT2D eigenvalue weighted by atomic mass is 16.7. The first kappa shape index (κ1) is 21.3. The van der Waals surface area contributed by atoms with E-state index in [1.54, 1.807) is 17.0 Å². The predicted octanol–water partition coefficient (Wildman–Crippen LogP) is 1.63. The molecule has 10 heteroatoms. The zero-order chi connectivity index (χ0) is 23.9. The summed E-state index contributed by atoms with van der Waals surface area (Å²) in [7, 11) is 2.43. The van der Waals surface area contributed by atoms with Gasteiger partial charge in [0.1, 0.15) is 11.0 Å². The largest absolute Gasteiger partial charge is 0.467 e. The van der Waals surface area contributed by atoms with Crippen LogP contribution in [-0.4, -0.2) is 73.2 Å². The molecule has 6 aliphatic rings. The van der Waals surface area contributed by atoms with Crippen LogP contribution in [0.2, 0.25) is 0 Å². The Kier molecular flexibility index (Phi) is 4.30. The van der Waals surface area contributed by atoms with Gasteiger partial charge in [-0.15, -0.1) is 0 Å². The van der Waals surface area contributed by atoms with Gasteiger partial charge in [-0.25, -0.2) is 9.59 Å². The molecule has 34 heavy (non-hydrogen) atoms. The Hall–Kier alpha value is -3.27. The molecule has 1 aromatic carbocycles. The first-order valence-electron chi connectivity index (χ1n) is 11.4. The maximum atomic E-state index is 14.3. The van der Waals surface area contributed by atoms with Crippen LogP contribution in [0.3, 0.4) is 0 Å². The Morgan fingerprint density at radius 1 is 1.15 bits per heavy atom. The molecule has 2 unspecified atom stereocenters. The fraction of sp³-hybridized carbons (Fsp3) is 0.542. The van der Waals surface area contributed by atoms with Crippen LogP contribution in [0.5, 0.6) is 11.5 Å². The van der Waals surface area contributed by atoms with Crippen molar-refractivity contribution in [2.75, 3.05) is 39.0 Å². The zero-order valence-corrected chi connectivity index (χ0v) is 19.1. The molecule has 0 saturated carbocycles. The summed E-state index contributed by atoms with van der Waals surface area (Å²) in [5.41, 5.74) is -3.59. The molecule has 0 radical (unpaired) electrons. The third-order valence-electron chi connectivity index (χ3n) is 8.35. The van der Waals surface area contributed by atoms with Gasteiger partial charge in [0.2, 0.25) is 12.7 Å². The number of rotatable bonds is 1. The van der Waals surface area contributed by atoms with E-state index >= 15 is 0 Å². The second kappa shape index (κ2) is 6.88. The highest BCUT2D eigenvalue weighted by Gasteiger charge is 2.80. The Bertz CT molecular complexity index is 1160. The van der Waals surface area contributed by atoms with Gasteiger partial charge >= 0.3 is 12.1 Å². The molecule has 1 aromatic rings. The standard InChI is InChI=1S/C24H26N2O8/c1-31-20(28)23(30)12-14-4-3-10-25-11-9-22(19(25)27)15-5-6-16-18(34-13-33-16)17(15)26(21(29)32-2)24(22,23)8-7-14/h5-7,30H,3-4,8-13H2,1-2H3/t22?,23?,24-/m0/s1. The maximum absolute atomic E-state index is 14.3. The summed E-state index contributed by atoms with van der Waals surface area (Å²) in [5.74, 6) is -0.401. The minimum Gasteiger partial charge on any atom is -0.467 e. The van der Waals surface area contributed by atoms with Gasteiger partial charge < -0.3 is 29.0 Å². The van der Waals surface area contributed by atoms with Crippen molar-refractivity contribution >= 4 is 23.7 Å². The van der Waals surface area contributed by atoms with Crippen molar-refractivity contribution in [3.8, 4) is 11.5 Å². The summed E-state index contributed by atoms with van der Waals surface area (Å²) >= 11 is 0. The number of carbonyl (C=O) groups excluding carboxylic acids is 3. The fourth-order valence-corrected chi connectivity index (χ4v) is 7.00. The van der Waals surface area contributed by atoms with E-state index in [4.69, 9.17) is 18.9 Å². The van der Waals surface area contributed by atoms with Gasteiger partial charge in [-0.3, -0.25) is 9.69 Å². The quantitative estimate of drug-likeness (QED) is 0.487. The number of aliphatic hydroxyl groups is 1. The molecule has 2 saturated heterocycles. The van der Waals surface area contributed by atoms with Crippen LogP contribution in [0.1, 0.15) is 37.7 Å². The Balaban J connectivity index is 1.76. The van der Waals surface area contributed by atoms with Gasteiger partial charge in [-0.2, -0.15) is 0 Å². The number of hydrogen-bond donors (Lipinski definition) is 1. The van der Waals surface area contributed by atoms with Gasteiger partial charge in [0, 0.05) is 19.5 Å². The number of nitrogens with zero attached hydrogens (tertiary/aromatic N) is 2. The number of esters is 1. The molecule has 1 N–H and O–H groups in total. The Morgan fingerprint density at radius 2 is 1.97 bits per heavy atom. The lowest BCUT2D eigenvalue weighted by Crippen LogP contribution is -2.77. The Labute approximate surface area is 196 Å². The summed E-state index contributed by atoms with van der Waals surface area (Å²) in [6, 6.07) is 3.46. The SMILES string of the molecule is COC(=O)N1c2c(ccc3c2OCO3)C23CCN(CCCC4=CC[C@]12C(O)(C(=O)OC)C4)C3=O. The minimum atomic E-state index is -2.20. The van der Waals surface area contributed by atoms with E-state index in [1.165, 1.54) is 19.1 Å². The lowest BCUT2D eigenvalue weighted by atomic mass is 9.54. The van der Waals surface area contributed by atoms with E-state index in [-0.39, 0.29) is 25.5 Å². The number of anilines is 1. The molecule has 5 heterocycles. The fourth-order valence-electron chi connectivity index (χ4n) is 7.00. The number of methoxy groups -OCH3 is 2. The van der Waals surface area contributed by atoms with Crippen molar-refractivity contribution in [1.29, 1.82) is 0 Å². The first-order chi connectivity index (χ1) is 16.4. The summed E-state index contributed by atoms with van der Waals surface area (Å²) < 4.78 is 21.7. The van der Waals surface area contributed by atoms with E-state index in [1.807, 2.05) is 6.08 Å². The van der Waals surface area contributed by atoms with E-state index < -0.39 is 28.6 Å². The van der Waals surface area contributed by atoms with Crippen LogP contribution in [-0.2, 0) is 24.5 Å². The summed E-state index contributed by atoms with van der Waals surface area (Å²) in [5, 5.41) is 12.4. The topological polar surface area (TPSA) is 115 Å². The molecule has 3 atom stereocenters. The highest BCUT2D eigenvalue weighted by molar-refractivity contribution is 6.08. The summed E-state index contributed by atoms with van der Waals surface area (Å²) in [4.78, 5) is 44.4. The van der Waals surface area contributed by atoms with E-state index in [9.17, 15) is 19.5 Å². The lowest BCUT2D eigenvalue weighted by molar-refractivity contribution is -0.177. The van der Waals surface area contributed by atoms with Crippen molar-refractivity contribution in [2.45, 2.75) is 48.7 Å². The van der Waals surface area contributed by atoms with E-state index in [0.29, 0.717) is 55.1 Å². The summed E-state index contributed by atoms with van der Waals surface area (Å²) in [6.45, 7) is 0.949. The van der Waals surface area contributed by atoms with E-state index in [0.717, 1.165) is 5.57 Å². The smallest absolute Gasteiger partial charge is 0.414 e. The molecule has 2 fully saturated rings. The van der Waals surface area contributed by atoms with Gasteiger partial charge in [-0.05, 0) is 37.3 Å². The van der Waals surface area contributed by atoms with Crippen LogP contribution in [0.15, 0.2) is 23.8 Å². The molecule has 2 spiro atoms. The number of hydrogen-bond acceptors (Lipinski definition) is 8. The normalized spacial score (nSPS) is 32.8. The molecule has 4 bridgehead atoms. The van der Waals surface area contributed by atoms with Gasteiger partial charge in [0.25, 0.3) is 0 Å². The summed E-state index contributed by atoms with van der Waals surface area (Å²) in [6.07, 6.45) is 2.84. The third-order valence-corrected chi connectivity index (χ3v) is 8.35. The van der Waals surface area contributed by atoms with Crippen molar-refractivity contribution < 1.29 is 38.4 Å². The van der Waals surface area contributed by atoms with Crippen molar-refractivity contribution in [3.63, 3.8) is 0 Å². The van der Waals surface area contributed by atoms with Gasteiger partial charge in [0.05, 0.1) is 19.9 Å². The molecule has 0 aromatic heterocycles. The number of carbonyl (C=O) groups is 3. The van der Waals surface area contributed by atoms with Crippen LogP contribution >= 0.6 is 0 Å². The monoisotopic (exact) mass is 470 g/mol. The average molecular weight is 470 g/mol. The second-order valence-corrected chi connectivity index (χ2v) is 9.51. The third kappa shape index (κ3) is 2.18.